The molecule has 0 saturated carbocycles. The Morgan fingerprint density at radius 3 is 1.89 bits per heavy atom. The average molecular weight is 380 g/mol. The van der Waals surface area contributed by atoms with E-state index < -0.39 is 47.7 Å². The quantitative estimate of drug-likeness (QED) is 0.453. The second-order valence-electron chi connectivity index (χ2n) is 5.80. The molecule has 0 heterocycles. The van der Waals surface area contributed by atoms with E-state index in [1.165, 1.54) is 14.0 Å². The van der Waals surface area contributed by atoms with Crippen LogP contribution in [0.1, 0.15) is 18.6 Å². The average Bonchev–Trinajstić information content (AvgIpc) is 2.66. The summed E-state index contributed by atoms with van der Waals surface area (Å²) in [5, 5.41) is 2.45. The molecular formula is C18H24N2O7. The summed E-state index contributed by atoms with van der Waals surface area (Å²) >= 11 is 0. The first-order valence-electron chi connectivity index (χ1n) is 8.11. The number of nitrogens with one attached hydrogen (secondary N) is 1. The Morgan fingerprint density at radius 2 is 1.48 bits per heavy atom. The van der Waals surface area contributed by atoms with Crippen LogP contribution in [0.5, 0.6) is 0 Å². The summed E-state index contributed by atoms with van der Waals surface area (Å²) in [6, 6.07) is 7.27. The number of amides is 2. The highest BCUT2D eigenvalue weighted by atomic mass is 16.5. The lowest BCUT2D eigenvalue weighted by Crippen LogP contribution is -2.53. The fourth-order valence-corrected chi connectivity index (χ4v) is 2.68. The number of carbonyl (C=O) groups is 4. The van der Waals surface area contributed by atoms with Crippen LogP contribution >= 0.6 is 0 Å². The first-order valence-corrected chi connectivity index (χ1v) is 8.11. The summed E-state index contributed by atoms with van der Waals surface area (Å²) < 4.78 is 14.4. The molecule has 2 amide bonds. The van der Waals surface area contributed by atoms with Crippen molar-refractivity contribution >= 4 is 23.8 Å². The van der Waals surface area contributed by atoms with Gasteiger partial charge >= 0.3 is 11.9 Å². The van der Waals surface area contributed by atoms with Crippen molar-refractivity contribution in [2.75, 3.05) is 21.3 Å². The second kappa shape index (κ2) is 10.3. The lowest BCUT2D eigenvalue weighted by Gasteiger charge is -2.28. The molecule has 9 heteroatoms. The molecule has 3 atom stereocenters. The van der Waals surface area contributed by atoms with Crippen LogP contribution in [0.3, 0.4) is 0 Å². The van der Waals surface area contributed by atoms with Gasteiger partial charge in [0, 0.05) is 13.0 Å². The SMILES string of the molecule is COC(=O)C(C(=O)OC)[C@@H](C)[C@H](NC(=O)[C@@H](OC)c1ccccc1)C(N)=O. The molecule has 0 fully saturated rings. The Balaban J connectivity index is 3.09. The third kappa shape index (κ3) is 5.52. The summed E-state index contributed by atoms with van der Waals surface area (Å²) in [6.07, 6.45) is -1.00. The molecule has 3 N–H and O–H groups in total. The van der Waals surface area contributed by atoms with Crippen LogP contribution in [-0.2, 0) is 33.4 Å². The highest BCUT2D eigenvalue weighted by Crippen LogP contribution is 2.22. The van der Waals surface area contributed by atoms with E-state index in [0.717, 1.165) is 14.2 Å². The molecule has 1 rings (SSSR count). The van der Waals surface area contributed by atoms with Crippen LogP contribution in [0.4, 0.5) is 0 Å². The van der Waals surface area contributed by atoms with E-state index in [9.17, 15) is 19.2 Å². The van der Waals surface area contributed by atoms with E-state index in [2.05, 4.69) is 14.8 Å². The molecule has 0 bridgehead atoms. The summed E-state index contributed by atoms with van der Waals surface area (Å²) in [5.74, 6) is -5.82. The fourth-order valence-electron chi connectivity index (χ4n) is 2.68. The zero-order valence-corrected chi connectivity index (χ0v) is 15.6. The number of nitrogens with two attached hydrogens (primary N) is 1. The maximum Gasteiger partial charge on any atom is 0.320 e. The largest absolute Gasteiger partial charge is 0.468 e. The molecule has 0 aliphatic rings. The number of hydrogen-bond donors (Lipinski definition) is 2. The van der Waals surface area contributed by atoms with Crippen molar-refractivity contribution in [3.63, 3.8) is 0 Å². The predicted molar refractivity (Wildman–Crippen MR) is 94.0 cm³/mol. The smallest absolute Gasteiger partial charge is 0.320 e. The Hall–Kier alpha value is -2.94. The zero-order chi connectivity index (χ0) is 20.6. The first-order chi connectivity index (χ1) is 12.8. The fraction of sp³-hybridized carbons (Fsp3) is 0.444. The Bertz CT molecular complexity index is 662. The minimum absolute atomic E-state index is 0.561. The van der Waals surface area contributed by atoms with Crippen molar-refractivity contribution in [3.8, 4) is 0 Å². The van der Waals surface area contributed by atoms with Gasteiger partial charge in [-0.15, -0.1) is 0 Å². The Kier molecular flexibility index (Phi) is 8.40. The highest BCUT2D eigenvalue weighted by molar-refractivity contribution is 5.97. The third-order valence-electron chi connectivity index (χ3n) is 4.14. The summed E-state index contributed by atoms with van der Waals surface area (Å²) in [7, 11) is 3.53. The van der Waals surface area contributed by atoms with Crippen LogP contribution in [-0.4, -0.2) is 51.1 Å². The normalized spacial score (nSPS) is 14.0. The molecule has 148 valence electrons. The van der Waals surface area contributed by atoms with Gasteiger partial charge in [0.05, 0.1) is 14.2 Å². The molecule has 1 aromatic carbocycles. The van der Waals surface area contributed by atoms with Gasteiger partial charge in [-0.05, 0) is 5.56 Å². The Labute approximate surface area is 157 Å². The van der Waals surface area contributed by atoms with Gasteiger partial charge in [-0.3, -0.25) is 19.2 Å². The predicted octanol–water partition coefficient (Wildman–Crippen LogP) is -0.0575. The summed E-state index contributed by atoms with van der Waals surface area (Å²) in [6.45, 7) is 1.42. The summed E-state index contributed by atoms with van der Waals surface area (Å²) in [4.78, 5) is 48.5. The zero-order valence-electron chi connectivity index (χ0n) is 15.6. The lowest BCUT2D eigenvalue weighted by molar-refractivity contribution is -0.162. The van der Waals surface area contributed by atoms with Crippen molar-refractivity contribution in [2.24, 2.45) is 17.6 Å². The summed E-state index contributed by atoms with van der Waals surface area (Å²) in [5.41, 5.74) is 5.95. The topological polar surface area (TPSA) is 134 Å². The minimum Gasteiger partial charge on any atom is -0.468 e. The van der Waals surface area contributed by atoms with Crippen molar-refractivity contribution in [2.45, 2.75) is 19.1 Å². The van der Waals surface area contributed by atoms with Crippen LogP contribution in [0.2, 0.25) is 0 Å². The second-order valence-corrected chi connectivity index (χ2v) is 5.80. The number of ether oxygens (including phenoxy) is 3. The molecule has 0 saturated heterocycles. The molecule has 0 aliphatic carbocycles. The van der Waals surface area contributed by atoms with Crippen LogP contribution in [0.25, 0.3) is 0 Å². The van der Waals surface area contributed by atoms with Crippen molar-refractivity contribution in [1.29, 1.82) is 0 Å². The van der Waals surface area contributed by atoms with E-state index in [0.29, 0.717) is 5.56 Å². The molecule has 27 heavy (non-hydrogen) atoms. The molecule has 0 spiro atoms. The van der Waals surface area contributed by atoms with Crippen molar-refractivity contribution in [1.82, 2.24) is 5.32 Å². The number of rotatable bonds is 9. The molecule has 0 unspecified atom stereocenters. The molecule has 9 nitrogen and oxygen atoms in total. The standard InChI is InChI=1S/C18H24N2O7/c1-10(12(17(23)26-3)18(24)27-4)13(15(19)21)20-16(22)14(25-2)11-8-6-5-7-9-11/h5-10,12-14H,1-4H3,(H2,19,21)(H,20,22)/t10-,13+,14+/m1/s1. The highest BCUT2D eigenvalue weighted by Gasteiger charge is 2.41. The van der Waals surface area contributed by atoms with Crippen molar-refractivity contribution < 1.29 is 33.4 Å². The number of benzene rings is 1. The first kappa shape index (κ1) is 22.1. The molecule has 0 aliphatic heterocycles. The lowest BCUT2D eigenvalue weighted by atomic mass is 9.86. The van der Waals surface area contributed by atoms with E-state index >= 15 is 0 Å². The van der Waals surface area contributed by atoms with Crippen LogP contribution in [0, 0.1) is 11.8 Å². The maximum absolute atomic E-state index is 12.6. The number of carbonyl (C=O) groups excluding carboxylic acids is 4. The molecule has 0 aromatic heterocycles. The van der Waals surface area contributed by atoms with Gasteiger partial charge < -0.3 is 25.3 Å². The van der Waals surface area contributed by atoms with Gasteiger partial charge in [-0.2, -0.15) is 0 Å². The van der Waals surface area contributed by atoms with Gasteiger partial charge in [0.2, 0.25) is 5.91 Å². The van der Waals surface area contributed by atoms with Gasteiger partial charge in [-0.1, -0.05) is 37.3 Å². The monoisotopic (exact) mass is 380 g/mol. The van der Waals surface area contributed by atoms with E-state index in [-0.39, 0.29) is 0 Å². The maximum atomic E-state index is 12.6. The van der Waals surface area contributed by atoms with Gasteiger partial charge in [0.15, 0.2) is 12.0 Å². The van der Waals surface area contributed by atoms with Crippen LogP contribution in [0.15, 0.2) is 30.3 Å². The number of methoxy groups -OCH3 is 3. The number of esters is 2. The van der Waals surface area contributed by atoms with E-state index in [1.54, 1.807) is 30.3 Å². The Morgan fingerprint density at radius 1 is 0.963 bits per heavy atom. The van der Waals surface area contributed by atoms with Gasteiger partial charge in [0.25, 0.3) is 5.91 Å². The number of hydrogen-bond acceptors (Lipinski definition) is 7. The van der Waals surface area contributed by atoms with Crippen LogP contribution < -0.4 is 11.1 Å². The van der Waals surface area contributed by atoms with Crippen molar-refractivity contribution in [3.05, 3.63) is 35.9 Å². The van der Waals surface area contributed by atoms with E-state index in [4.69, 9.17) is 10.5 Å². The molecule has 0 radical (unpaired) electrons. The molecular weight excluding hydrogens is 356 g/mol. The minimum atomic E-state index is -1.43. The van der Waals surface area contributed by atoms with Gasteiger partial charge in [-0.25, -0.2) is 0 Å². The van der Waals surface area contributed by atoms with Gasteiger partial charge in [0.1, 0.15) is 6.04 Å². The number of primary amides is 1. The van der Waals surface area contributed by atoms with E-state index in [1.807, 2.05) is 0 Å². The molecule has 1 aromatic rings. The third-order valence-corrected chi connectivity index (χ3v) is 4.14.